The molecule has 2 N–H and O–H groups in total. The van der Waals surface area contributed by atoms with Crippen LogP contribution in [-0.2, 0) is 4.74 Å². The second kappa shape index (κ2) is 5.45. The van der Waals surface area contributed by atoms with Crippen LogP contribution in [0.2, 0.25) is 0 Å². The van der Waals surface area contributed by atoms with Gasteiger partial charge in [-0.3, -0.25) is 0 Å². The molecule has 0 aliphatic rings. The molecule has 0 aromatic rings. The fourth-order valence-corrected chi connectivity index (χ4v) is 0.911. The molecule has 0 spiro atoms. The lowest BCUT2D eigenvalue weighted by molar-refractivity contribution is -0.170. The zero-order valence-electron chi connectivity index (χ0n) is 7.47. The highest BCUT2D eigenvalue weighted by molar-refractivity contribution is 7.80. The highest BCUT2D eigenvalue weighted by Gasteiger charge is 2.41. The Balaban J connectivity index is 4.09. The summed E-state index contributed by atoms with van der Waals surface area (Å²) in [4.78, 5) is -0.113. The molecule has 0 aliphatic heterocycles. The van der Waals surface area contributed by atoms with E-state index in [1.807, 2.05) is 0 Å². The molecule has 0 heterocycles. The molecule has 0 bridgehead atoms. The third kappa shape index (κ3) is 4.19. The maximum absolute atomic E-state index is 12.3. The van der Waals surface area contributed by atoms with Crippen LogP contribution in [0, 0.1) is 0 Å². The molecular formula is C7H11F4NOS. The van der Waals surface area contributed by atoms with E-state index in [9.17, 15) is 17.6 Å². The topological polar surface area (TPSA) is 35.2 Å². The van der Waals surface area contributed by atoms with Crippen molar-refractivity contribution in [2.75, 3.05) is 6.61 Å². The monoisotopic (exact) mass is 233 g/mol. The number of thiocarbonyl (C=S) groups is 1. The van der Waals surface area contributed by atoms with E-state index in [0.29, 0.717) is 0 Å². The Labute approximate surface area is 84.4 Å². The first-order chi connectivity index (χ1) is 6.31. The van der Waals surface area contributed by atoms with E-state index in [-0.39, 0.29) is 11.4 Å². The first-order valence-electron chi connectivity index (χ1n) is 3.88. The molecule has 7 heteroatoms. The molecule has 0 saturated heterocycles. The van der Waals surface area contributed by atoms with E-state index in [1.54, 1.807) is 6.92 Å². The zero-order chi connectivity index (χ0) is 11.4. The molecule has 0 amide bonds. The van der Waals surface area contributed by atoms with Gasteiger partial charge in [0.25, 0.3) is 0 Å². The van der Waals surface area contributed by atoms with E-state index < -0.39 is 25.1 Å². The Morgan fingerprint density at radius 2 is 2.00 bits per heavy atom. The standard InChI is InChI=1S/C7H11F4NOS/c1-2-4(5(12)14)13-3-7(10,11)6(8)9/h4,6H,2-3H2,1H3,(H2,12,14). The van der Waals surface area contributed by atoms with Gasteiger partial charge in [0, 0.05) is 0 Å². The molecule has 14 heavy (non-hydrogen) atoms. The second-order valence-corrected chi connectivity index (χ2v) is 3.14. The van der Waals surface area contributed by atoms with Gasteiger partial charge in [-0.15, -0.1) is 0 Å². The lowest BCUT2D eigenvalue weighted by Crippen LogP contribution is -2.37. The number of hydrogen-bond donors (Lipinski definition) is 1. The van der Waals surface area contributed by atoms with Crippen molar-refractivity contribution in [2.45, 2.75) is 31.8 Å². The second-order valence-electron chi connectivity index (χ2n) is 2.67. The summed E-state index contributed by atoms with van der Waals surface area (Å²) in [5.41, 5.74) is 5.13. The molecule has 2 nitrogen and oxygen atoms in total. The highest BCUT2D eigenvalue weighted by Crippen LogP contribution is 2.23. The van der Waals surface area contributed by atoms with E-state index in [4.69, 9.17) is 5.73 Å². The van der Waals surface area contributed by atoms with Crippen LogP contribution in [0.1, 0.15) is 13.3 Å². The molecule has 0 aromatic carbocycles. The summed E-state index contributed by atoms with van der Waals surface area (Å²) in [5.74, 6) is -4.15. The Hall–Kier alpha value is -0.430. The molecule has 0 radical (unpaired) electrons. The predicted octanol–water partition coefficient (Wildman–Crippen LogP) is 1.97. The van der Waals surface area contributed by atoms with Gasteiger partial charge < -0.3 is 10.5 Å². The Morgan fingerprint density at radius 3 is 2.29 bits per heavy atom. The van der Waals surface area contributed by atoms with Gasteiger partial charge in [0.1, 0.15) is 17.7 Å². The summed E-state index contributed by atoms with van der Waals surface area (Å²) in [6.45, 7) is 0.227. The lowest BCUT2D eigenvalue weighted by atomic mass is 10.3. The minimum absolute atomic E-state index is 0.113. The number of hydrogen-bond acceptors (Lipinski definition) is 2. The average Bonchev–Trinajstić information content (AvgIpc) is 2.04. The van der Waals surface area contributed by atoms with Crippen LogP contribution >= 0.6 is 12.2 Å². The fraction of sp³-hybridized carbons (Fsp3) is 0.857. The number of nitrogens with two attached hydrogens (primary N) is 1. The van der Waals surface area contributed by atoms with Crippen LogP contribution in [0.4, 0.5) is 17.6 Å². The molecule has 0 aromatic heterocycles. The van der Waals surface area contributed by atoms with E-state index in [0.717, 1.165) is 0 Å². The molecule has 0 saturated carbocycles. The predicted molar refractivity (Wildman–Crippen MR) is 47.8 cm³/mol. The van der Waals surface area contributed by atoms with Crippen LogP contribution in [0.5, 0.6) is 0 Å². The Kier molecular flexibility index (Phi) is 5.28. The van der Waals surface area contributed by atoms with Crippen molar-refractivity contribution in [1.82, 2.24) is 0 Å². The van der Waals surface area contributed by atoms with Crippen LogP contribution in [0.25, 0.3) is 0 Å². The van der Waals surface area contributed by atoms with E-state index in [2.05, 4.69) is 17.0 Å². The van der Waals surface area contributed by atoms with Gasteiger partial charge in [-0.25, -0.2) is 8.78 Å². The number of halogens is 4. The van der Waals surface area contributed by atoms with Crippen molar-refractivity contribution >= 4 is 17.2 Å². The molecule has 84 valence electrons. The smallest absolute Gasteiger partial charge is 0.330 e. The summed E-state index contributed by atoms with van der Waals surface area (Å²) in [7, 11) is 0. The van der Waals surface area contributed by atoms with E-state index >= 15 is 0 Å². The van der Waals surface area contributed by atoms with Gasteiger partial charge in [0.15, 0.2) is 0 Å². The average molecular weight is 233 g/mol. The Bertz CT molecular complexity index is 200. The molecule has 0 aliphatic carbocycles. The lowest BCUT2D eigenvalue weighted by Gasteiger charge is -2.19. The largest absolute Gasteiger partial charge is 0.391 e. The maximum atomic E-state index is 12.3. The van der Waals surface area contributed by atoms with E-state index in [1.165, 1.54) is 0 Å². The van der Waals surface area contributed by atoms with Gasteiger partial charge in [-0.05, 0) is 6.42 Å². The SMILES string of the molecule is CCC(OCC(F)(F)C(F)F)C(N)=S. The van der Waals surface area contributed by atoms with Crippen molar-refractivity contribution < 1.29 is 22.3 Å². The fourth-order valence-electron chi connectivity index (χ4n) is 0.676. The molecule has 1 atom stereocenters. The quantitative estimate of drug-likeness (QED) is 0.562. The van der Waals surface area contributed by atoms with Gasteiger partial charge >= 0.3 is 12.3 Å². The summed E-state index contributed by atoms with van der Waals surface area (Å²) < 4.78 is 52.5. The number of ether oxygens (including phenoxy) is 1. The molecule has 1 unspecified atom stereocenters. The molecular weight excluding hydrogens is 222 g/mol. The maximum Gasteiger partial charge on any atom is 0.330 e. The van der Waals surface area contributed by atoms with Crippen molar-refractivity contribution in [1.29, 1.82) is 0 Å². The summed E-state index contributed by atoms with van der Waals surface area (Å²) >= 11 is 4.49. The third-order valence-electron chi connectivity index (χ3n) is 1.48. The molecule has 0 rings (SSSR count). The van der Waals surface area contributed by atoms with Crippen LogP contribution in [-0.4, -0.2) is 30.0 Å². The normalized spacial score (nSPS) is 14.4. The minimum Gasteiger partial charge on any atom is -0.391 e. The van der Waals surface area contributed by atoms with Gasteiger partial charge in [0.2, 0.25) is 0 Å². The molecule has 0 fully saturated rings. The number of rotatable bonds is 6. The first-order valence-corrected chi connectivity index (χ1v) is 4.29. The number of alkyl halides is 4. The van der Waals surface area contributed by atoms with Crippen LogP contribution < -0.4 is 5.73 Å². The summed E-state index contributed by atoms with van der Waals surface area (Å²) in [6.07, 6.45) is -4.35. The van der Waals surface area contributed by atoms with Crippen molar-refractivity contribution in [2.24, 2.45) is 5.73 Å². The Morgan fingerprint density at radius 1 is 1.50 bits per heavy atom. The van der Waals surface area contributed by atoms with Gasteiger partial charge in [-0.2, -0.15) is 8.78 Å². The third-order valence-corrected chi connectivity index (χ3v) is 1.75. The first kappa shape index (κ1) is 13.6. The van der Waals surface area contributed by atoms with Crippen molar-refractivity contribution in [3.63, 3.8) is 0 Å². The zero-order valence-corrected chi connectivity index (χ0v) is 8.29. The van der Waals surface area contributed by atoms with Crippen molar-refractivity contribution in [3.05, 3.63) is 0 Å². The van der Waals surface area contributed by atoms with Crippen molar-refractivity contribution in [3.8, 4) is 0 Å². The highest BCUT2D eigenvalue weighted by atomic mass is 32.1. The summed E-state index contributed by atoms with van der Waals surface area (Å²) in [6, 6.07) is 0. The van der Waals surface area contributed by atoms with Crippen LogP contribution in [0.3, 0.4) is 0 Å². The minimum atomic E-state index is -4.15. The van der Waals surface area contributed by atoms with Crippen LogP contribution in [0.15, 0.2) is 0 Å². The summed E-state index contributed by atoms with van der Waals surface area (Å²) in [5, 5.41) is 0. The van der Waals surface area contributed by atoms with Gasteiger partial charge in [0.05, 0.1) is 0 Å². The van der Waals surface area contributed by atoms with Gasteiger partial charge in [-0.1, -0.05) is 19.1 Å².